The van der Waals surface area contributed by atoms with Crippen molar-refractivity contribution in [2.45, 2.75) is 32.2 Å². The molecule has 1 heterocycles. The highest BCUT2D eigenvalue weighted by Gasteiger charge is 2.18. The zero-order valence-corrected chi connectivity index (χ0v) is 13.9. The quantitative estimate of drug-likeness (QED) is 0.645. The first-order valence-electron chi connectivity index (χ1n) is 6.82. The molecule has 0 fully saturated rings. The third-order valence-corrected chi connectivity index (χ3v) is 5.12. The lowest BCUT2D eigenvalue weighted by Crippen LogP contribution is -2.28. The molecule has 1 rings (SSSR count). The van der Waals surface area contributed by atoms with Crippen molar-refractivity contribution in [2.75, 3.05) is 26.3 Å². The van der Waals surface area contributed by atoms with Crippen LogP contribution in [0.15, 0.2) is 16.3 Å². The largest absolute Gasteiger partial charge is 0.380 e. The molecule has 0 aliphatic carbocycles. The number of sulfonamides is 1. The summed E-state index contributed by atoms with van der Waals surface area (Å²) in [5.41, 5.74) is 0. The Kier molecular flexibility index (Phi) is 7.68. The van der Waals surface area contributed by atoms with E-state index in [2.05, 4.69) is 23.9 Å². The van der Waals surface area contributed by atoms with Gasteiger partial charge in [-0.05, 0) is 23.9 Å². The molecule has 1 aromatic rings. The van der Waals surface area contributed by atoms with Crippen LogP contribution in [-0.4, -0.2) is 34.7 Å². The molecular formula is C13H24N2O3S2. The summed E-state index contributed by atoms with van der Waals surface area (Å²) in [6.45, 7) is 8.83. The lowest BCUT2D eigenvalue weighted by Gasteiger charge is -2.09. The smallest absolute Gasteiger partial charge is 0.241 e. The second-order valence-corrected chi connectivity index (χ2v) is 7.59. The predicted molar refractivity (Wildman–Crippen MR) is 82.5 cm³/mol. The highest BCUT2D eigenvalue weighted by Crippen LogP contribution is 2.21. The Bertz CT molecular complexity index is 484. The van der Waals surface area contributed by atoms with Gasteiger partial charge < -0.3 is 10.1 Å². The van der Waals surface area contributed by atoms with Gasteiger partial charge in [0.05, 0.1) is 11.5 Å². The van der Waals surface area contributed by atoms with E-state index < -0.39 is 10.0 Å². The number of thiophene rings is 1. The SMILES string of the molecule is CCNCc1sccc1S(=O)(=O)NCCOCC(C)C. The van der Waals surface area contributed by atoms with Crippen molar-refractivity contribution in [1.82, 2.24) is 10.0 Å². The minimum absolute atomic E-state index is 0.297. The first kappa shape index (κ1) is 17.6. The lowest BCUT2D eigenvalue weighted by molar-refractivity contribution is 0.114. The summed E-state index contributed by atoms with van der Waals surface area (Å²) in [6, 6.07) is 1.65. The van der Waals surface area contributed by atoms with Crippen molar-refractivity contribution in [2.24, 2.45) is 5.92 Å². The first-order chi connectivity index (χ1) is 9.47. The molecule has 0 atom stereocenters. The summed E-state index contributed by atoms with van der Waals surface area (Å²) < 4.78 is 32.3. The lowest BCUT2D eigenvalue weighted by atomic mass is 10.2. The van der Waals surface area contributed by atoms with Gasteiger partial charge >= 0.3 is 0 Å². The van der Waals surface area contributed by atoms with Crippen LogP contribution in [-0.2, 0) is 21.3 Å². The average Bonchev–Trinajstić information content (AvgIpc) is 2.84. The van der Waals surface area contributed by atoms with Crippen molar-refractivity contribution < 1.29 is 13.2 Å². The van der Waals surface area contributed by atoms with E-state index in [-0.39, 0.29) is 0 Å². The summed E-state index contributed by atoms with van der Waals surface area (Å²) in [5.74, 6) is 0.454. The van der Waals surface area contributed by atoms with E-state index in [9.17, 15) is 8.42 Å². The fraction of sp³-hybridized carbons (Fsp3) is 0.692. The van der Waals surface area contributed by atoms with Crippen molar-refractivity contribution in [3.05, 3.63) is 16.3 Å². The summed E-state index contributed by atoms with van der Waals surface area (Å²) in [7, 11) is -3.44. The van der Waals surface area contributed by atoms with Gasteiger partial charge in [-0.15, -0.1) is 11.3 Å². The molecule has 0 saturated heterocycles. The van der Waals surface area contributed by atoms with E-state index in [1.54, 1.807) is 11.4 Å². The minimum Gasteiger partial charge on any atom is -0.380 e. The molecular weight excluding hydrogens is 296 g/mol. The molecule has 116 valence electrons. The standard InChI is InChI=1S/C13H24N2O3S2/c1-4-14-9-12-13(5-8-19-12)20(16,17)15-6-7-18-10-11(2)3/h5,8,11,14-15H,4,6-7,9-10H2,1-3H3. The van der Waals surface area contributed by atoms with Crippen molar-refractivity contribution in [3.8, 4) is 0 Å². The maximum absolute atomic E-state index is 12.2. The average molecular weight is 320 g/mol. The topological polar surface area (TPSA) is 67.4 Å². The molecule has 7 heteroatoms. The summed E-state index contributed by atoms with van der Waals surface area (Å²) in [5, 5.41) is 4.95. The zero-order valence-electron chi connectivity index (χ0n) is 12.3. The van der Waals surface area contributed by atoms with E-state index in [1.165, 1.54) is 11.3 Å². The molecule has 0 bridgehead atoms. The van der Waals surface area contributed by atoms with Crippen LogP contribution in [0, 0.1) is 5.92 Å². The van der Waals surface area contributed by atoms with Gasteiger partial charge in [-0.2, -0.15) is 0 Å². The summed E-state index contributed by atoms with van der Waals surface area (Å²) in [6.07, 6.45) is 0. The van der Waals surface area contributed by atoms with Gasteiger partial charge in [0.25, 0.3) is 0 Å². The maximum atomic E-state index is 12.2. The van der Waals surface area contributed by atoms with Crippen molar-refractivity contribution in [3.63, 3.8) is 0 Å². The molecule has 0 unspecified atom stereocenters. The van der Waals surface area contributed by atoms with E-state index in [0.29, 0.717) is 37.1 Å². The monoisotopic (exact) mass is 320 g/mol. The van der Waals surface area contributed by atoms with Gasteiger partial charge in [-0.3, -0.25) is 0 Å². The fourth-order valence-corrected chi connectivity index (χ4v) is 4.00. The molecule has 0 aliphatic heterocycles. The Morgan fingerprint density at radius 3 is 2.80 bits per heavy atom. The Hall–Kier alpha value is -0.470. The van der Waals surface area contributed by atoms with Gasteiger partial charge in [-0.1, -0.05) is 20.8 Å². The fourth-order valence-electron chi connectivity index (χ4n) is 1.58. The van der Waals surface area contributed by atoms with Crippen LogP contribution in [0.5, 0.6) is 0 Å². The summed E-state index contributed by atoms with van der Waals surface area (Å²) >= 11 is 1.45. The van der Waals surface area contributed by atoms with Gasteiger partial charge in [0.2, 0.25) is 10.0 Å². The highest BCUT2D eigenvalue weighted by atomic mass is 32.2. The van der Waals surface area contributed by atoms with E-state index in [1.807, 2.05) is 6.92 Å². The molecule has 0 saturated carbocycles. The van der Waals surface area contributed by atoms with Crippen LogP contribution in [0.4, 0.5) is 0 Å². The molecule has 5 nitrogen and oxygen atoms in total. The van der Waals surface area contributed by atoms with E-state index >= 15 is 0 Å². The van der Waals surface area contributed by atoms with E-state index in [4.69, 9.17) is 4.74 Å². The van der Waals surface area contributed by atoms with E-state index in [0.717, 1.165) is 11.4 Å². The van der Waals surface area contributed by atoms with Crippen LogP contribution < -0.4 is 10.0 Å². The maximum Gasteiger partial charge on any atom is 0.241 e. The second-order valence-electron chi connectivity index (χ2n) is 4.85. The molecule has 2 N–H and O–H groups in total. The van der Waals surface area contributed by atoms with Crippen LogP contribution >= 0.6 is 11.3 Å². The molecule has 0 aromatic carbocycles. The highest BCUT2D eigenvalue weighted by molar-refractivity contribution is 7.89. The third-order valence-electron chi connectivity index (χ3n) is 2.52. The van der Waals surface area contributed by atoms with Crippen LogP contribution in [0.1, 0.15) is 25.6 Å². The molecule has 0 radical (unpaired) electrons. The van der Waals surface area contributed by atoms with Gasteiger partial charge in [0.1, 0.15) is 0 Å². The number of nitrogens with one attached hydrogen (secondary N) is 2. The predicted octanol–water partition coefficient (Wildman–Crippen LogP) is 1.81. The number of hydrogen-bond acceptors (Lipinski definition) is 5. The normalized spacial score (nSPS) is 12.2. The Morgan fingerprint density at radius 1 is 1.40 bits per heavy atom. The van der Waals surface area contributed by atoms with Crippen molar-refractivity contribution in [1.29, 1.82) is 0 Å². The minimum atomic E-state index is -3.44. The van der Waals surface area contributed by atoms with Crippen LogP contribution in [0.25, 0.3) is 0 Å². The number of ether oxygens (including phenoxy) is 1. The second kappa shape index (κ2) is 8.74. The Balaban J connectivity index is 2.50. The van der Waals surface area contributed by atoms with Crippen LogP contribution in [0.3, 0.4) is 0 Å². The number of rotatable bonds is 10. The van der Waals surface area contributed by atoms with Crippen LogP contribution in [0.2, 0.25) is 0 Å². The number of hydrogen-bond donors (Lipinski definition) is 2. The molecule has 0 amide bonds. The van der Waals surface area contributed by atoms with Gasteiger partial charge in [-0.25, -0.2) is 13.1 Å². The molecule has 1 aromatic heterocycles. The summed E-state index contributed by atoms with van der Waals surface area (Å²) in [4.78, 5) is 1.20. The molecule has 20 heavy (non-hydrogen) atoms. The molecule has 0 aliphatic rings. The molecule has 0 spiro atoms. The zero-order chi connectivity index (χ0) is 15.0. The van der Waals surface area contributed by atoms with Crippen molar-refractivity contribution >= 4 is 21.4 Å². The van der Waals surface area contributed by atoms with Gasteiger partial charge in [0.15, 0.2) is 0 Å². The Labute approximate surface area is 125 Å². The third kappa shape index (κ3) is 5.88. The Morgan fingerprint density at radius 2 is 2.15 bits per heavy atom. The first-order valence-corrected chi connectivity index (χ1v) is 9.18. The van der Waals surface area contributed by atoms with Gasteiger partial charge in [0, 0.05) is 24.6 Å².